The van der Waals surface area contributed by atoms with Gasteiger partial charge in [-0.2, -0.15) is 0 Å². The first-order valence-electron chi connectivity index (χ1n) is 6.24. The number of esters is 1. The Hall–Kier alpha value is -1.68. The van der Waals surface area contributed by atoms with Crippen LogP contribution in [0.1, 0.15) is 24.0 Å². The van der Waals surface area contributed by atoms with Crippen LogP contribution in [0.15, 0.2) is 12.3 Å². The Morgan fingerprint density at radius 3 is 3.05 bits per heavy atom. The van der Waals surface area contributed by atoms with Gasteiger partial charge in [-0.3, -0.25) is 4.79 Å². The predicted octanol–water partition coefficient (Wildman–Crippen LogP) is 3.15. The van der Waals surface area contributed by atoms with E-state index in [2.05, 4.69) is 10.3 Å². The predicted molar refractivity (Wildman–Crippen MR) is 76.3 cm³/mol. The number of alkyl halides is 1. The molecule has 2 N–H and O–H groups in total. The van der Waals surface area contributed by atoms with Gasteiger partial charge >= 0.3 is 5.97 Å². The van der Waals surface area contributed by atoms with E-state index in [9.17, 15) is 4.79 Å². The summed E-state index contributed by atoms with van der Waals surface area (Å²) in [5, 5.41) is 4.45. The number of ether oxygens (including phenoxy) is 1. The summed E-state index contributed by atoms with van der Waals surface area (Å²) in [5.41, 5.74) is 4.24. The molecule has 19 heavy (non-hydrogen) atoms. The zero-order chi connectivity index (χ0) is 13.6. The molecule has 0 unspecified atom stereocenters. The number of aryl methyl sites for hydroxylation is 1. The minimum absolute atomic E-state index is 0.292. The molecule has 4 nitrogen and oxygen atoms in total. The Bertz CT molecular complexity index is 663. The van der Waals surface area contributed by atoms with E-state index in [1.54, 1.807) is 0 Å². The fourth-order valence-electron chi connectivity index (χ4n) is 2.75. The van der Waals surface area contributed by atoms with Crippen LogP contribution in [0.2, 0.25) is 0 Å². The number of halogens is 1. The van der Waals surface area contributed by atoms with Crippen molar-refractivity contribution in [1.82, 2.24) is 4.98 Å². The van der Waals surface area contributed by atoms with E-state index in [1.165, 1.54) is 12.5 Å². The normalized spacial score (nSPS) is 17.3. The molecule has 0 radical (unpaired) electrons. The highest BCUT2D eigenvalue weighted by Gasteiger charge is 2.27. The smallest absolute Gasteiger partial charge is 0.308 e. The Morgan fingerprint density at radius 2 is 2.37 bits per heavy atom. The van der Waals surface area contributed by atoms with Gasteiger partial charge in [-0.05, 0) is 18.1 Å². The molecular weight excluding hydrogens is 264 g/mol. The van der Waals surface area contributed by atoms with Gasteiger partial charge in [0.2, 0.25) is 0 Å². The van der Waals surface area contributed by atoms with Crippen LogP contribution >= 0.6 is 11.6 Å². The average molecular weight is 279 g/mol. The Morgan fingerprint density at radius 1 is 1.58 bits per heavy atom. The summed E-state index contributed by atoms with van der Waals surface area (Å²) < 4.78 is 5.29. The highest BCUT2D eigenvalue weighted by atomic mass is 35.5. The molecule has 3 rings (SSSR count). The quantitative estimate of drug-likeness (QED) is 0.504. The monoisotopic (exact) mass is 278 g/mol. The van der Waals surface area contributed by atoms with Gasteiger partial charge < -0.3 is 15.0 Å². The van der Waals surface area contributed by atoms with Crippen LogP contribution in [0.25, 0.3) is 10.9 Å². The first-order valence-corrected chi connectivity index (χ1v) is 6.78. The Kier molecular flexibility index (Phi) is 2.90. The molecule has 0 fully saturated rings. The van der Waals surface area contributed by atoms with Crippen molar-refractivity contribution in [2.24, 2.45) is 0 Å². The fraction of sp³-hybridized carbons (Fsp3) is 0.357. The lowest BCUT2D eigenvalue weighted by molar-refractivity contribution is -0.131. The number of rotatable bonds is 2. The number of H-pyrrole nitrogens is 1. The van der Waals surface area contributed by atoms with Gasteiger partial charge in [-0.15, -0.1) is 11.6 Å². The van der Waals surface area contributed by atoms with Crippen LogP contribution in [-0.4, -0.2) is 23.4 Å². The van der Waals surface area contributed by atoms with E-state index in [4.69, 9.17) is 16.3 Å². The lowest BCUT2D eigenvalue weighted by atomic mass is 9.97. The molecule has 100 valence electrons. The molecule has 2 aromatic rings. The van der Waals surface area contributed by atoms with E-state index in [1.807, 2.05) is 19.2 Å². The zero-order valence-electron chi connectivity index (χ0n) is 10.8. The molecule has 0 spiro atoms. The summed E-state index contributed by atoms with van der Waals surface area (Å²) in [5.74, 6) is 1.12. The second-order valence-corrected chi connectivity index (χ2v) is 5.19. The topological polar surface area (TPSA) is 54.1 Å². The number of nitrogens with one attached hydrogen (secondary N) is 2. The molecule has 0 aliphatic carbocycles. The van der Waals surface area contributed by atoms with Gasteiger partial charge in [0.15, 0.2) is 5.75 Å². The van der Waals surface area contributed by atoms with E-state index >= 15 is 0 Å². The van der Waals surface area contributed by atoms with Crippen molar-refractivity contribution >= 4 is 34.2 Å². The Labute approximate surface area is 116 Å². The summed E-state index contributed by atoms with van der Waals surface area (Å²) in [6.07, 6.45) is 1.93. The number of hydrogen-bond acceptors (Lipinski definition) is 3. The molecule has 2 heterocycles. The van der Waals surface area contributed by atoms with E-state index < -0.39 is 0 Å². The highest BCUT2D eigenvalue weighted by Crippen LogP contribution is 2.43. The molecule has 0 bridgehead atoms. The molecule has 1 aliphatic rings. The molecule has 5 heteroatoms. The zero-order valence-corrected chi connectivity index (χ0v) is 11.6. The van der Waals surface area contributed by atoms with Crippen LogP contribution in [0.5, 0.6) is 5.75 Å². The van der Waals surface area contributed by atoms with Crippen LogP contribution < -0.4 is 10.1 Å². The van der Waals surface area contributed by atoms with Crippen LogP contribution in [0, 0.1) is 6.92 Å². The van der Waals surface area contributed by atoms with Crippen molar-refractivity contribution < 1.29 is 9.53 Å². The van der Waals surface area contributed by atoms with Crippen molar-refractivity contribution in [2.75, 3.05) is 17.7 Å². The molecule has 1 aliphatic heterocycles. The van der Waals surface area contributed by atoms with Crippen LogP contribution in [0.3, 0.4) is 0 Å². The third-order valence-corrected chi connectivity index (χ3v) is 3.92. The summed E-state index contributed by atoms with van der Waals surface area (Å²) in [6, 6.07) is 1.88. The third kappa shape index (κ3) is 1.87. The number of fused-ring (bicyclic) bond motifs is 3. The van der Waals surface area contributed by atoms with Gasteiger partial charge in [-0.1, -0.05) is 0 Å². The summed E-state index contributed by atoms with van der Waals surface area (Å²) in [7, 11) is 0. The van der Waals surface area contributed by atoms with Crippen molar-refractivity contribution in [2.45, 2.75) is 19.8 Å². The minimum Gasteiger partial charge on any atom is -0.424 e. The van der Waals surface area contributed by atoms with Gasteiger partial charge in [0.25, 0.3) is 0 Å². The largest absolute Gasteiger partial charge is 0.424 e. The SMILES string of the molecule is CC(=O)Oc1cc2c(c3c(C)c[nH]c13)[C@H](CCl)CN2. The lowest BCUT2D eigenvalue weighted by Gasteiger charge is -2.11. The Balaban J connectivity index is 2.28. The molecule has 1 aromatic heterocycles. The second kappa shape index (κ2) is 4.46. The maximum atomic E-state index is 11.2. The van der Waals surface area contributed by atoms with Crippen molar-refractivity contribution in [3.63, 3.8) is 0 Å². The van der Waals surface area contributed by atoms with Gasteiger partial charge in [0.05, 0.1) is 5.52 Å². The first-order chi connectivity index (χ1) is 9.11. The number of carbonyl (C=O) groups is 1. The number of aromatic nitrogens is 1. The molecular formula is C14H15ClN2O2. The van der Waals surface area contributed by atoms with E-state index in [-0.39, 0.29) is 5.97 Å². The number of hydrogen-bond donors (Lipinski definition) is 2. The van der Waals surface area contributed by atoms with E-state index in [0.29, 0.717) is 17.5 Å². The minimum atomic E-state index is -0.319. The third-order valence-electron chi connectivity index (χ3n) is 3.55. The van der Waals surface area contributed by atoms with Crippen LogP contribution in [-0.2, 0) is 4.79 Å². The molecule has 0 saturated heterocycles. The first kappa shape index (κ1) is 12.4. The molecule has 1 aromatic carbocycles. The fourth-order valence-corrected chi connectivity index (χ4v) is 3.01. The lowest BCUT2D eigenvalue weighted by Crippen LogP contribution is -2.03. The average Bonchev–Trinajstić information content (AvgIpc) is 2.92. The number of benzene rings is 1. The number of carbonyl (C=O) groups excluding carboxylic acids is 1. The van der Waals surface area contributed by atoms with Gasteiger partial charge in [-0.25, -0.2) is 0 Å². The van der Waals surface area contributed by atoms with Crippen molar-refractivity contribution in [3.05, 3.63) is 23.4 Å². The van der Waals surface area contributed by atoms with Crippen molar-refractivity contribution in [3.8, 4) is 5.75 Å². The number of aromatic amines is 1. The van der Waals surface area contributed by atoms with Gasteiger partial charge in [0, 0.05) is 48.6 Å². The highest BCUT2D eigenvalue weighted by molar-refractivity contribution is 6.18. The van der Waals surface area contributed by atoms with Crippen molar-refractivity contribution in [1.29, 1.82) is 0 Å². The number of anilines is 1. The maximum absolute atomic E-state index is 11.2. The summed E-state index contributed by atoms with van der Waals surface area (Å²) in [6.45, 7) is 4.27. The summed E-state index contributed by atoms with van der Waals surface area (Å²) in [4.78, 5) is 14.4. The second-order valence-electron chi connectivity index (χ2n) is 4.88. The van der Waals surface area contributed by atoms with Crippen LogP contribution in [0.4, 0.5) is 5.69 Å². The summed E-state index contributed by atoms with van der Waals surface area (Å²) >= 11 is 6.04. The molecule has 0 saturated carbocycles. The van der Waals surface area contributed by atoms with Gasteiger partial charge in [0.1, 0.15) is 0 Å². The maximum Gasteiger partial charge on any atom is 0.308 e. The van der Waals surface area contributed by atoms with E-state index in [0.717, 1.165) is 28.7 Å². The molecule has 0 amide bonds. The molecule has 1 atom stereocenters. The standard InChI is InChI=1S/C14H15ClN2O2/c1-7-5-17-14-11(19-8(2)18)3-10-13(12(7)14)9(4-15)6-16-10/h3,5,9,16-17H,4,6H2,1-2H3/t9-/m1/s1.